The number of hydrogen-bond acceptors (Lipinski definition) is 2. The third-order valence-corrected chi connectivity index (χ3v) is 3.95. The van der Waals surface area contributed by atoms with Crippen molar-refractivity contribution in [3.05, 3.63) is 42.5 Å². The predicted octanol–water partition coefficient (Wildman–Crippen LogP) is 2.26. The average molecular weight is 252 g/mol. The quantitative estimate of drug-likeness (QED) is 0.735. The molecule has 0 radical (unpaired) electrons. The number of aromatic nitrogens is 3. The zero-order chi connectivity index (χ0) is 12.8. The Morgan fingerprint density at radius 2 is 2.11 bits per heavy atom. The van der Waals surface area contributed by atoms with Gasteiger partial charge in [-0.2, -0.15) is 0 Å². The van der Waals surface area contributed by atoms with Crippen LogP contribution in [0.3, 0.4) is 0 Å². The molecular weight excluding hydrogens is 236 g/mol. The van der Waals surface area contributed by atoms with Crippen molar-refractivity contribution in [1.29, 1.82) is 0 Å². The molecule has 0 bridgehead atoms. The summed E-state index contributed by atoms with van der Waals surface area (Å²) in [5, 5.41) is 4.55. The van der Waals surface area contributed by atoms with Crippen molar-refractivity contribution in [3.8, 4) is 11.3 Å². The number of imidazole rings is 1. The van der Waals surface area contributed by atoms with E-state index in [2.05, 4.69) is 57.4 Å². The van der Waals surface area contributed by atoms with Crippen LogP contribution < -0.4 is 5.32 Å². The lowest BCUT2D eigenvalue weighted by atomic mass is 10.0. The molecule has 19 heavy (non-hydrogen) atoms. The van der Waals surface area contributed by atoms with Gasteiger partial charge in [0.25, 0.3) is 0 Å². The monoisotopic (exact) mass is 252 g/mol. The number of para-hydroxylation sites is 1. The van der Waals surface area contributed by atoms with Gasteiger partial charge in [0.1, 0.15) is 5.82 Å². The number of nitrogens with zero attached hydrogens (tertiary/aromatic N) is 2. The second kappa shape index (κ2) is 3.96. The number of hydrogen-bond donors (Lipinski definition) is 2. The lowest BCUT2D eigenvalue weighted by Crippen LogP contribution is -2.40. The van der Waals surface area contributed by atoms with Crippen LogP contribution in [-0.2, 0) is 7.05 Å². The topological polar surface area (TPSA) is 45.6 Å². The predicted molar refractivity (Wildman–Crippen MR) is 76.1 cm³/mol. The SMILES string of the molecule is Cn1cc(-c2cnc(C3CNC3)[nH]2)c2ccccc21. The van der Waals surface area contributed by atoms with Gasteiger partial charge in [0.2, 0.25) is 0 Å². The minimum Gasteiger partial charge on any atom is -0.350 e. The van der Waals surface area contributed by atoms with Crippen LogP contribution in [0.15, 0.2) is 36.7 Å². The highest BCUT2D eigenvalue weighted by atomic mass is 15.0. The van der Waals surface area contributed by atoms with E-state index in [4.69, 9.17) is 0 Å². The van der Waals surface area contributed by atoms with E-state index in [0.29, 0.717) is 5.92 Å². The molecule has 4 nitrogen and oxygen atoms in total. The Bertz CT molecular complexity index is 734. The summed E-state index contributed by atoms with van der Waals surface area (Å²) in [5.41, 5.74) is 3.58. The van der Waals surface area contributed by atoms with Gasteiger partial charge in [-0.3, -0.25) is 0 Å². The summed E-state index contributed by atoms with van der Waals surface area (Å²) in [4.78, 5) is 8.00. The van der Waals surface area contributed by atoms with Crippen molar-refractivity contribution in [2.45, 2.75) is 5.92 Å². The first-order valence-electron chi connectivity index (χ1n) is 6.63. The van der Waals surface area contributed by atoms with Gasteiger partial charge in [0.15, 0.2) is 0 Å². The Hall–Kier alpha value is -2.07. The van der Waals surface area contributed by atoms with E-state index in [-0.39, 0.29) is 0 Å². The Labute approximate surface area is 111 Å². The lowest BCUT2D eigenvalue weighted by Gasteiger charge is -2.24. The standard InChI is InChI=1S/C15H16N4/c1-19-9-12(11-4-2-3-5-14(11)19)13-8-17-15(18-13)10-6-16-7-10/h2-5,8-10,16H,6-7H2,1H3,(H,17,18). The van der Waals surface area contributed by atoms with E-state index in [1.54, 1.807) is 0 Å². The smallest absolute Gasteiger partial charge is 0.112 e. The highest BCUT2D eigenvalue weighted by molar-refractivity contribution is 5.95. The molecule has 0 saturated carbocycles. The normalized spacial score (nSPS) is 15.8. The summed E-state index contributed by atoms with van der Waals surface area (Å²) in [6, 6.07) is 8.46. The molecule has 4 heteroatoms. The summed E-state index contributed by atoms with van der Waals surface area (Å²) >= 11 is 0. The van der Waals surface area contributed by atoms with Gasteiger partial charge in [-0.05, 0) is 6.07 Å². The summed E-state index contributed by atoms with van der Waals surface area (Å²) in [7, 11) is 2.08. The first-order chi connectivity index (χ1) is 9.33. The molecule has 2 N–H and O–H groups in total. The molecule has 1 fully saturated rings. The maximum Gasteiger partial charge on any atom is 0.112 e. The van der Waals surface area contributed by atoms with Crippen molar-refractivity contribution in [2.75, 3.05) is 13.1 Å². The maximum absolute atomic E-state index is 4.53. The second-order valence-corrected chi connectivity index (χ2v) is 5.21. The van der Waals surface area contributed by atoms with Crippen LogP contribution in [0.1, 0.15) is 11.7 Å². The molecule has 0 amide bonds. The van der Waals surface area contributed by atoms with Crippen molar-refractivity contribution in [2.24, 2.45) is 7.05 Å². The third kappa shape index (κ3) is 1.60. The molecule has 96 valence electrons. The molecule has 1 aliphatic rings. The third-order valence-electron chi connectivity index (χ3n) is 3.95. The van der Waals surface area contributed by atoms with Crippen LogP contribution in [0, 0.1) is 0 Å². The van der Waals surface area contributed by atoms with Crippen LogP contribution in [-0.4, -0.2) is 27.6 Å². The molecule has 1 saturated heterocycles. The number of rotatable bonds is 2. The minimum absolute atomic E-state index is 0.545. The van der Waals surface area contributed by atoms with Crippen LogP contribution >= 0.6 is 0 Å². The zero-order valence-corrected chi connectivity index (χ0v) is 10.9. The molecular formula is C15H16N4. The van der Waals surface area contributed by atoms with Crippen molar-refractivity contribution in [1.82, 2.24) is 19.9 Å². The van der Waals surface area contributed by atoms with Crippen LogP contribution in [0.25, 0.3) is 22.2 Å². The summed E-state index contributed by atoms with van der Waals surface area (Å²) in [6.45, 7) is 2.06. The Morgan fingerprint density at radius 3 is 2.89 bits per heavy atom. The molecule has 3 heterocycles. The van der Waals surface area contributed by atoms with Gasteiger partial charge in [-0.25, -0.2) is 4.98 Å². The van der Waals surface area contributed by atoms with Crippen molar-refractivity contribution in [3.63, 3.8) is 0 Å². The Morgan fingerprint density at radius 1 is 1.26 bits per heavy atom. The largest absolute Gasteiger partial charge is 0.350 e. The molecule has 0 spiro atoms. The fourth-order valence-corrected chi connectivity index (χ4v) is 2.72. The first kappa shape index (κ1) is 10.8. The van der Waals surface area contributed by atoms with Gasteiger partial charge in [-0.15, -0.1) is 0 Å². The highest BCUT2D eigenvalue weighted by Crippen LogP contribution is 2.30. The van der Waals surface area contributed by atoms with E-state index in [9.17, 15) is 0 Å². The molecule has 4 rings (SSSR count). The van der Waals surface area contributed by atoms with Crippen LogP contribution in [0.4, 0.5) is 0 Å². The van der Waals surface area contributed by atoms with Gasteiger partial charge in [-0.1, -0.05) is 18.2 Å². The fourth-order valence-electron chi connectivity index (χ4n) is 2.72. The number of H-pyrrole nitrogens is 1. The molecule has 3 aromatic rings. The molecule has 0 atom stereocenters. The lowest BCUT2D eigenvalue weighted by molar-refractivity contribution is 0.433. The van der Waals surface area contributed by atoms with E-state index >= 15 is 0 Å². The molecule has 1 aliphatic heterocycles. The molecule has 0 unspecified atom stereocenters. The number of fused-ring (bicyclic) bond motifs is 1. The summed E-state index contributed by atoms with van der Waals surface area (Å²) in [6.07, 6.45) is 4.12. The maximum atomic E-state index is 4.53. The van der Waals surface area contributed by atoms with Gasteiger partial charge < -0.3 is 14.9 Å². The van der Waals surface area contributed by atoms with E-state index in [0.717, 1.165) is 24.6 Å². The Kier molecular flexibility index (Phi) is 2.26. The minimum atomic E-state index is 0.545. The van der Waals surface area contributed by atoms with Crippen molar-refractivity contribution < 1.29 is 0 Å². The number of benzene rings is 1. The van der Waals surface area contributed by atoms with Gasteiger partial charge in [0, 0.05) is 48.7 Å². The number of aromatic amines is 1. The second-order valence-electron chi connectivity index (χ2n) is 5.21. The average Bonchev–Trinajstić information content (AvgIpc) is 2.94. The number of nitrogens with one attached hydrogen (secondary N) is 2. The van der Waals surface area contributed by atoms with Gasteiger partial charge >= 0.3 is 0 Å². The molecule has 0 aliphatic carbocycles. The Balaban J connectivity index is 1.83. The van der Waals surface area contributed by atoms with E-state index < -0.39 is 0 Å². The zero-order valence-electron chi connectivity index (χ0n) is 10.9. The van der Waals surface area contributed by atoms with Gasteiger partial charge in [0.05, 0.1) is 11.9 Å². The van der Waals surface area contributed by atoms with Crippen LogP contribution in [0.2, 0.25) is 0 Å². The van der Waals surface area contributed by atoms with E-state index in [1.165, 1.54) is 16.5 Å². The molecule has 2 aromatic heterocycles. The fraction of sp³-hybridized carbons (Fsp3) is 0.267. The van der Waals surface area contributed by atoms with Crippen LogP contribution in [0.5, 0.6) is 0 Å². The molecule has 1 aromatic carbocycles. The highest BCUT2D eigenvalue weighted by Gasteiger charge is 2.22. The summed E-state index contributed by atoms with van der Waals surface area (Å²) < 4.78 is 2.16. The summed E-state index contributed by atoms with van der Waals surface area (Å²) in [5.74, 6) is 1.64. The van der Waals surface area contributed by atoms with Crippen molar-refractivity contribution >= 4 is 10.9 Å². The van der Waals surface area contributed by atoms with E-state index in [1.807, 2.05) is 6.20 Å². The first-order valence-corrected chi connectivity index (χ1v) is 6.63. The number of aryl methyl sites for hydroxylation is 1.